The fourth-order valence-corrected chi connectivity index (χ4v) is 4.89. The van der Waals surface area contributed by atoms with Crippen LogP contribution in [-0.2, 0) is 14.8 Å². The number of halogens is 3. The van der Waals surface area contributed by atoms with E-state index in [9.17, 15) is 31.2 Å². The molecule has 1 aliphatic rings. The van der Waals surface area contributed by atoms with E-state index in [-0.39, 0.29) is 30.1 Å². The monoisotopic (exact) mass is 579 g/mol. The van der Waals surface area contributed by atoms with Crippen LogP contribution in [0.4, 0.5) is 23.7 Å². The van der Waals surface area contributed by atoms with E-state index < -0.39 is 45.5 Å². The van der Waals surface area contributed by atoms with Crippen LogP contribution < -0.4 is 24.4 Å². The van der Waals surface area contributed by atoms with Crippen LogP contribution in [0, 0.1) is 6.92 Å². The van der Waals surface area contributed by atoms with Crippen molar-refractivity contribution in [1.82, 2.24) is 10.0 Å². The molecule has 0 aromatic heterocycles. The largest absolute Gasteiger partial charge is 0.454 e. The van der Waals surface area contributed by atoms with Crippen LogP contribution in [0.1, 0.15) is 25.3 Å². The van der Waals surface area contributed by atoms with E-state index >= 15 is 0 Å². The Bertz CT molecular complexity index is 1490. The number of carbonyl (C=O) groups is 2. The van der Waals surface area contributed by atoms with Gasteiger partial charge in [0, 0.05) is 24.9 Å². The first-order chi connectivity index (χ1) is 18.8. The Morgan fingerprint density at radius 1 is 1.12 bits per heavy atom. The Morgan fingerprint density at radius 3 is 2.48 bits per heavy atom. The lowest BCUT2D eigenvalue weighted by atomic mass is 10.0. The van der Waals surface area contributed by atoms with E-state index in [4.69, 9.17) is 9.47 Å². The van der Waals surface area contributed by atoms with E-state index in [2.05, 4.69) is 11.9 Å². The standard InChI is InChI=1S/C27H28F3N3O6S/c1-16(20(29)14-21(30)18(3)28)9-11-22(26(34)33(4)19-10-12-23-24(13-19)39-15-38-23)31-27(35)32-40(36,37)25-8-6-5-7-17(25)2/h5-8,10,12-14,22H,3,9,11,15H2,1-2,4H3,(H2,31,32,35)/b20-16-,21-14+/t22-/m0/s1. The summed E-state index contributed by atoms with van der Waals surface area (Å²) in [4.78, 5) is 27.3. The predicted molar refractivity (Wildman–Crippen MR) is 142 cm³/mol. The first kappa shape index (κ1) is 30.3. The summed E-state index contributed by atoms with van der Waals surface area (Å²) in [5, 5.41) is 2.33. The zero-order chi connectivity index (χ0) is 29.6. The molecule has 3 amide bonds. The fourth-order valence-electron chi connectivity index (χ4n) is 3.73. The van der Waals surface area contributed by atoms with Crippen molar-refractivity contribution < 1.29 is 40.7 Å². The number of hydrogen-bond donors (Lipinski definition) is 2. The fraction of sp³-hybridized carbons (Fsp3) is 0.259. The van der Waals surface area contributed by atoms with Gasteiger partial charge in [0.25, 0.3) is 10.0 Å². The molecular weight excluding hydrogens is 551 g/mol. The number of amides is 3. The van der Waals surface area contributed by atoms with Gasteiger partial charge in [-0.2, -0.15) is 0 Å². The molecule has 0 radical (unpaired) electrons. The summed E-state index contributed by atoms with van der Waals surface area (Å²) in [5.74, 6) is -3.83. The number of anilines is 1. The van der Waals surface area contributed by atoms with Crippen molar-refractivity contribution in [2.24, 2.45) is 0 Å². The second kappa shape index (κ2) is 12.7. The lowest BCUT2D eigenvalue weighted by Crippen LogP contribution is -2.51. The Morgan fingerprint density at radius 2 is 1.80 bits per heavy atom. The molecule has 0 spiro atoms. The summed E-state index contributed by atoms with van der Waals surface area (Å²) in [7, 11) is -2.87. The molecule has 1 heterocycles. The number of allylic oxidation sites excluding steroid dienone is 5. The Balaban J connectivity index is 1.84. The maximum absolute atomic E-state index is 14.4. The molecule has 40 heavy (non-hydrogen) atoms. The molecule has 0 unspecified atom stereocenters. The van der Waals surface area contributed by atoms with E-state index in [1.54, 1.807) is 37.3 Å². The average molecular weight is 580 g/mol. The summed E-state index contributed by atoms with van der Waals surface area (Å²) < 4.78 is 78.7. The number of nitrogens with zero attached hydrogens (tertiary/aromatic N) is 1. The van der Waals surface area contributed by atoms with Gasteiger partial charge in [0.05, 0.1) is 4.90 Å². The quantitative estimate of drug-likeness (QED) is 0.379. The molecule has 9 nitrogen and oxygen atoms in total. The lowest BCUT2D eigenvalue weighted by molar-refractivity contribution is -0.120. The molecule has 13 heteroatoms. The smallest absolute Gasteiger partial charge is 0.329 e. The molecule has 2 aromatic carbocycles. The number of ether oxygens (including phenoxy) is 2. The van der Waals surface area contributed by atoms with Crippen LogP contribution in [0.5, 0.6) is 11.5 Å². The lowest BCUT2D eigenvalue weighted by Gasteiger charge is -2.25. The molecule has 0 fully saturated rings. The Labute approximate surface area is 230 Å². The summed E-state index contributed by atoms with van der Waals surface area (Å²) in [6.45, 7) is 5.62. The van der Waals surface area contributed by atoms with Crippen molar-refractivity contribution in [3.8, 4) is 11.5 Å². The highest BCUT2D eigenvalue weighted by Crippen LogP contribution is 2.35. The van der Waals surface area contributed by atoms with E-state index in [1.807, 2.05) is 4.72 Å². The Hall–Kier alpha value is -4.26. The maximum Gasteiger partial charge on any atom is 0.329 e. The zero-order valence-electron chi connectivity index (χ0n) is 22.0. The minimum absolute atomic E-state index is 0.0120. The summed E-state index contributed by atoms with van der Waals surface area (Å²) in [6.07, 6.45) is -0.0659. The predicted octanol–water partition coefficient (Wildman–Crippen LogP) is 5.10. The number of rotatable bonds is 10. The topological polar surface area (TPSA) is 114 Å². The number of urea groups is 1. The van der Waals surface area contributed by atoms with Gasteiger partial charge in [-0.05, 0) is 56.0 Å². The minimum atomic E-state index is -4.29. The molecular formula is C27H28F3N3O6S. The molecule has 0 saturated carbocycles. The van der Waals surface area contributed by atoms with Crippen LogP contribution in [0.15, 0.2) is 83.1 Å². The molecule has 0 aliphatic carbocycles. The van der Waals surface area contributed by atoms with Gasteiger partial charge in [0.15, 0.2) is 23.2 Å². The summed E-state index contributed by atoms with van der Waals surface area (Å²) >= 11 is 0. The van der Waals surface area contributed by atoms with E-state index in [1.165, 1.54) is 31.0 Å². The van der Waals surface area contributed by atoms with Crippen molar-refractivity contribution in [3.05, 3.63) is 83.7 Å². The zero-order valence-corrected chi connectivity index (χ0v) is 22.8. The molecule has 2 aromatic rings. The van der Waals surface area contributed by atoms with Gasteiger partial charge < -0.3 is 19.7 Å². The number of likely N-dealkylation sites (N-methyl/N-ethyl adjacent to an activating group) is 1. The third-order valence-corrected chi connectivity index (χ3v) is 7.51. The highest BCUT2D eigenvalue weighted by Gasteiger charge is 2.28. The van der Waals surface area contributed by atoms with Crippen molar-refractivity contribution in [2.45, 2.75) is 37.6 Å². The highest BCUT2D eigenvalue weighted by molar-refractivity contribution is 7.90. The van der Waals surface area contributed by atoms with Crippen molar-refractivity contribution in [2.75, 3.05) is 18.7 Å². The van der Waals surface area contributed by atoms with Crippen LogP contribution in [0.3, 0.4) is 0 Å². The van der Waals surface area contributed by atoms with E-state index in [0.717, 1.165) is 0 Å². The average Bonchev–Trinajstić information content (AvgIpc) is 3.37. The Kier molecular flexibility index (Phi) is 9.64. The third kappa shape index (κ3) is 7.44. The van der Waals surface area contributed by atoms with Crippen molar-refractivity contribution in [1.29, 1.82) is 0 Å². The third-order valence-electron chi connectivity index (χ3n) is 6.02. The molecule has 0 bridgehead atoms. The highest BCUT2D eigenvalue weighted by atomic mass is 32.2. The van der Waals surface area contributed by atoms with Crippen molar-refractivity contribution in [3.63, 3.8) is 0 Å². The molecule has 1 atom stereocenters. The number of fused-ring (bicyclic) bond motifs is 1. The van der Waals surface area contributed by atoms with Crippen LogP contribution in [0.25, 0.3) is 0 Å². The number of hydrogen-bond acceptors (Lipinski definition) is 6. The van der Waals surface area contributed by atoms with Gasteiger partial charge in [-0.1, -0.05) is 24.8 Å². The number of carbonyl (C=O) groups excluding carboxylic acids is 2. The number of nitrogens with one attached hydrogen (secondary N) is 2. The number of benzene rings is 2. The molecule has 2 N–H and O–H groups in total. The van der Waals surface area contributed by atoms with Gasteiger partial charge in [0.2, 0.25) is 12.7 Å². The van der Waals surface area contributed by atoms with E-state index in [0.29, 0.717) is 28.8 Å². The number of aryl methyl sites for hydroxylation is 1. The van der Waals surface area contributed by atoms with Crippen LogP contribution in [0.2, 0.25) is 0 Å². The number of sulfonamides is 1. The van der Waals surface area contributed by atoms with Gasteiger partial charge >= 0.3 is 6.03 Å². The van der Waals surface area contributed by atoms with Gasteiger partial charge in [0.1, 0.15) is 11.9 Å². The van der Waals surface area contributed by atoms with Crippen LogP contribution >= 0.6 is 0 Å². The second-order valence-electron chi connectivity index (χ2n) is 8.90. The van der Waals surface area contributed by atoms with Gasteiger partial charge in [-0.15, -0.1) is 0 Å². The normalized spacial score (nSPS) is 14.2. The first-order valence-electron chi connectivity index (χ1n) is 11.9. The molecule has 0 saturated heterocycles. The van der Waals surface area contributed by atoms with Gasteiger partial charge in [-0.3, -0.25) is 4.79 Å². The SMILES string of the molecule is C=C(F)/C(F)=C\C(F)=C(/C)CC[C@H](NC(=O)NS(=O)(=O)c1ccccc1C)C(=O)N(C)c1ccc2c(c1)OCO2. The summed E-state index contributed by atoms with van der Waals surface area (Å²) in [5.41, 5.74) is 0.721. The maximum atomic E-state index is 14.4. The summed E-state index contributed by atoms with van der Waals surface area (Å²) in [6, 6.07) is 8.16. The molecule has 1 aliphatic heterocycles. The van der Waals surface area contributed by atoms with Gasteiger partial charge in [-0.25, -0.2) is 31.1 Å². The molecule has 3 rings (SSSR count). The molecule has 214 valence electrons. The first-order valence-corrected chi connectivity index (χ1v) is 13.4. The minimum Gasteiger partial charge on any atom is -0.454 e. The second-order valence-corrected chi connectivity index (χ2v) is 10.5. The van der Waals surface area contributed by atoms with Crippen molar-refractivity contribution >= 4 is 27.6 Å². The van der Waals surface area contributed by atoms with Crippen LogP contribution in [-0.4, -0.2) is 40.2 Å².